The van der Waals surface area contributed by atoms with Crippen molar-refractivity contribution in [3.8, 4) is 5.75 Å². The van der Waals surface area contributed by atoms with Crippen molar-refractivity contribution in [2.75, 3.05) is 12.4 Å². The summed E-state index contributed by atoms with van der Waals surface area (Å²) in [6.07, 6.45) is 0. The maximum Gasteiger partial charge on any atom is 0.307 e. The third kappa shape index (κ3) is 2.35. The van der Waals surface area contributed by atoms with E-state index in [1.807, 2.05) is 13.0 Å². The van der Waals surface area contributed by atoms with Crippen LogP contribution in [0.1, 0.15) is 19.4 Å². The van der Waals surface area contributed by atoms with Crippen molar-refractivity contribution in [1.29, 1.82) is 0 Å². The van der Waals surface area contributed by atoms with Crippen LogP contribution < -0.4 is 10.1 Å². The van der Waals surface area contributed by atoms with E-state index in [-0.39, 0.29) is 5.91 Å². The van der Waals surface area contributed by atoms with E-state index < -0.39 is 23.2 Å². The minimum atomic E-state index is -0.916. The Kier molecular flexibility index (Phi) is 3.46. The van der Waals surface area contributed by atoms with Crippen LogP contribution in [0.2, 0.25) is 0 Å². The lowest BCUT2D eigenvalue weighted by Gasteiger charge is -2.09. The zero-order valence-corrected chi connectivity index (χ0v) is 12.1. The van der Waals surface area contributed by atoms with Crippen molar-refractivity contribution >= 4 is 17.6 Å². The standard InChI is InChI=1S/C15H19NO4/c1-8-7-9(5-6-10(8)20-4)16-13(17)11-12(14(18)19)15(11,2)3/h5-7,11-12H,1-4H3,(H,16,17)(H,18,19)/t11-,12+/m1/s1. The maximum atomic E-state index is 12.2. The van der Waals surface area contributed by atoms with E-state index in [0.717, 1.165) is 11.3 Å². The summed E-state index contributed by atoms with van der Waals surface area (Å²) in [5.74, 6) is -1.50. The lowest BCUT2D eigenvalue weighted by Crippen LogP contribution is -2.17. The van der Waals surface area contributed by atoms with Crippen LogP contribution >= 0.6 is 0 Å². The molecule has 1 fully saturated rings. The first kappa shape index (κ1) is 14.4. The van der Waals surface area contributed by atoms with Crippen LogP contribution in [-0.2, 0) is 9.59 Å². The zero-order valence-electron chi connectivity index (χ0n) is 12.1. The van der Waals surface area contributed by atoms with Gasteiger partial charge in [0.2, 0.25) is 5.91 Å². The van der Waals surface area contributed by atoms with Crippen molar-refractivity contribution in [3.05, 3.63) is 23.8 Å². The van der Waals surface area contributed by atoms with E-state index in [1.54, 1.807) is 33.1 Å². The second-order valence-electron chi connectivity index (χ2n) is 5.79. The van der Waals surface area contributed by atoms with Gasteiger partial charge in [0.25, 0.3) is 0 Å². The lowest BCUT2D eigenvalue weighted by molar-refractivity contribution is -0.140. The van der Waals surface area contributed by atoms with Gasteiger partial charge in [-0.05, 0) is 36.1 Å². The molecule has 2 N–H and O–H groups in total. The van der Waals surface area contributed by atoms with Gasteiger partial charge < -0.3 is 15.2 Å². The number of nitrogens with one attached hydrogen (secondary N) is 1. The number of hydrogen-bond acceptors (Lipinski definition) is 3. The Bertz CT molecular complexity index is 565. The molecular weight excluding hydrogens is 258 g/mol. The van der Waals surface area contributed by atoms with Crippen LogP contribution in [0, 0.1) is 24.2 Å². The summed E-state index contributed by atoms with van der Waals surface area (Å²) in [4.78, 5) is 23.3. The molecule has 0 spiro atoms. The van der Waals surface area contributed by atoms with Crippen LogP contribution in [-0.4, -0.2) is 24.1 Å². The van der Waals surface area contributed by atoms with Crippen molar-refractivity contribution < 1.29 is 19.4 Å². The number of methoxy groups -OCH3 is 1. The van der Waals surface area contributed by atoms with Gasteiger partial charge in [0.1, 0.15) is 5.75 Å². The molecule has 5 heteroatoms. The molecular formula is C15H19NO4. The molecule has 0 radical (unpaired) electrons. The number of carbonyl (C=O) groups excluding carboxylic acids is 1. The molecule has 1 aromatic carbocycles. The number of hydrogen-bond donors (Lipinski definition) is 2. The predicted octanol–water partition coefficient (Wildman–Crippen LogP) is 2.30. The van der Waals surface area contributed by atoms with E-state index in [9.17, 15) is 9.59 Å². The molecule has 5 nitrogen and oxygen atoms in total. The zero-order chi connectivity index (χ0) is 15.1. The van der Waals surface area contributed by atoms with E-state index >= 15 is 0 Å². The molecule has 1 amide bonds. The third-order valence-electron chi connectivity index (χ3n) is 4.04. The van der Waals surface area contributed by atoms with Crippen LogP contribution in [0.4, 0.5) is 5.69 Å². The maximum absolute atomic E-state index is 12.2. The first-order valence-electron chi connectivity index (χ1n) is 6.47. The third-order valence-corrected chi connectivity index (χ3v) is 4.04. The Morgan fingerprint density at radius 2 is 1.95 bits per heavy atom. The number of carboxylic acids is 1. The number of aryl methyl sites for hydroxylation is 1. The fourth-order valence-electron chi connectivity index (χ4n) is 2.76. The molecule has 2 rings (SSSR count). The van der Waals surface area contributed by atoms with Gasteiger partial charge >= 0.3 is 5.97 Å². The molecule has 0 unspecified atom stereocenters. The largest absolute Gasteiger partial charge is 0.496 e. The van der Waals surface area contributed by atoms with E-state index in [0.29, 0.717) is 5.69 Å². The molecule has 1 aliphatic carbocycles. The van der Waals surface area contributed by atoms with Crippen molar-refractivity contribution in [3.63, 3.8) is 0 Å². The molecule has 0 saturated heterocycles. The first-order chi connectivity index (χ1) is 9.28. The quantitative estimate of drug-likeness (QED) is 0.885. The average Bonchev–Trinajstić information content (AvgIpc) is 2.93. The van der Waals surface area contributed by atoms with Gasteiger partial charge in [-0.25, -0.2) is 0 Å². The van der Waals surface area contributed by atoms with Gasteiger partial charge in [-0.1, -0.05) is 13.8 Å². The highest BCUT2D eigenvalue weighted by Gasteiger charge is 2.65. The summed E-state index contributed by atoms with van der Waals surface area (Å²) in [5.41, 5.74) is 1.08. The second-order valence-corrected chi connectivity index (χ2v) is 5.79. The topological polar surface area (TPSA) is 75.6 Å². The fourth-order valence-corrected chi connectivity index (χ4v) is 2.76. The van der Waals surface area contributed by atoms with Crippen LogP contribution in [0.5, 0.6) is 5.75 Å². The number of anilines is 1. The van der Waals surface area contributed by atoms with Gasteiger partial charge in [-0.3, -0.25) is 9.59 Å². The number of rotatable bonds is 4. The molecule has 0 bridgehead atoms. The Hall–Kier alpha value is -2.04. The van der Waals surface area contributed by atoms with Gasteiger partial charge in [-0.2, -0.15) is 0 Å². The van der Waals surface area contributed by atoms with E-state index in [2.05, 4.69) is 5.32 Å². The molecule has 0 aromatic heterocycles. The molecule has 1 aromatic rings. The first-order valence-corrected chi connectivity index (χ1v) is 6.47. The van der Waals surface area contributed by atoms with Gasteiger partial charge in [0.05, 0.1) is 18.9 Å². The molecule has 20 heavy (non-hydrogen) atoms. The summed E-state index contributed by atoms with van der Waals surface area (Å²) >= 11 is 0. The Morgan fingerprint density at radius 1 is 1.30 bits per heavy atom. The molecule has 0 heterocycles. The minimum Gasteiger partial charge on any atom is -0.496 e. The van der Waals surface area contributed by atoms with Crippen molar-refractivity contribution in [2.45, 2.75) is 20.8 Å². The van der Waals surface area contributed by atoms with Crippen molar-refractivity contribution in [1.82, 2.24) is 0 Å². The minimum absolute atomic E-state index is 0.244. The number of benzene rings is 1. The fraction of sp³-hybridized carbons (Fsp3) is 0.467. The summed E-state index contributed by atoms with van der Waals surface area (Å²) in [5, 5.41) is 11.9. The molecule has 108 valence electrons. The number of ether oxygens (including phenoxy) is 1. The summed E-state index contributed by atoms with van der Waals surface area (Å²) in [6.45, 7) is 5.49. The Labute approximate surface area is 117 Å². The molecule has 0 aliphatic heterocycles. The highest BCUT2D eigenvalue weighted by Crippen LogP contribution is 2.58. The van der Waals surface area contributed by atoms with Crippen LogP contribution in [0.25, 0.3) is 0 Å². The van der Waals surface area contributed by atoms with Gasteiger partial charge in [-0.15, -0.1) is 0 Å². The SMILES string of the molecule is COc1ccc(NC(=O)[C@H]2[C@@H](C(=O)O)C2(C)C)cc1C. The van der Waals surface area contributed by atoms with Crippen LogP contribution in [0.3, 0.4) is 0 Å². The molecule has 2 atom stereocenters. The number of carboxylic acid groups (broad SMARTS) is 1. The summed E-state index contributed by atoms with van der Waals surface area (Å²) < 4.78 is 5.16. The number of amides is 1. The highest BCUT2D eigenvalue weighted by molar-refractivity contribution is 5.99. The Balaban J connectivity index is 2.10. The van der Waals surface area contributed by atoms with Crippen LogP contribution in [0.15, 0.2) is 18.2 Å². The summed E-state index contributed by atoms with van der Waals surface area (Å²) in [6, 6.07) is 5.33. The Morgan fingerprint density at radius 3 is 2.40 bits per heavy atom. The second kappa shape index (κ2) is 4.81. The molecule has 1 aliphatic rings. The monoisotopic (exact) mass is 277 g/mol. The average molecular weight is 277 g/mol. The molecule has 1 saturated carbocycles. The highest BCUT2D eigenvalue weighted by atomic mass is 16.5. The normalized spacial score (nSPS) is 23.0. The number of carbonyl (C=O) groups is 2. The van der Waals surface area contributed by atoms with Crippen molar-refractivity contribution in [2.24, 2.45) is 17.3 Å². The predicted molar refractivity (Wildman–Crippen MR) is 74.8 cm³/mol. The summed E-state index contributed by atoms with van der Waals surface area (Å²) in [7, 11) is 1.59. The van der Waals surface area contributed by atoms with E-state index in [1.165, 1.54) is 0 Å². The lowest BCUT2D eigenvalue weighted by atomic mass is 10.1. The smallest absolute Gasteiger partial charge is 0.307 e. The number of aliphatic carboxylic acids is 1. The van der Waals surface area contributed by atoms with E-state index in [4.69, 9.17) is 9.84 Å². The van der Waals surface area contributed by atoms with Gasteiger partial charge in [0, 0.05) is 5.69 Å². The van der Waals surface area contributed by atoms with Gasteiger partial charge in [0.15, 0.2) is 0 Å².